The number of carbonyl (C=O) groups is 1. The van der Waals surface area contributed by atoms with E-state index in [-0.39, 0.29) is 11.7 Å². The second-order valence-electron chi connectivity index (χ2n) is 3.69. The van der Waals surface area contributed by atoms with E-state index in [1.165, 1.54) is 0 Å². The average molecular weight is 231 g/mol. The summed E-state index contributed by atoms with van der Waals surface area (Å²) in [6.45, 7) is 3.72. The number of carbonyl (C=O) groups excluding carboxylic acids is 1. The van der Waals surface area contributed by atoms with Crippen LogP contribution in [-0.2, 0) is 10.2 Å². The highest BCUT2D eigenvalue weighted by Gasteiger charge is 2.28. The van der Waals surface area contributed by atoms with Gasteiger partial charge in [0.25, 0.3) is 0 Å². The number of alkyl halides is 1. The predicted octanol–water partition coefficient (Wildman–Crippen LogP) is 3.43. The maximum absolute atomic E-state index is 11.6. The van der Waals surface area contributed by atoms with E-state index in [1.807, 2.05) is 26.0 Å². The smallest absolute Gasteiger partial charge is 0.157 e. The quantitative estimate of drug-likeness (QED) is 0.728. The Labute approximate surface area is 94.0 Å². The SMILES string of the molecule is CC(C)(C(=O)CCl)c1ccc(Cl)cc1. The molecule has 0 fully saturated rings. The maximum Gasteiger partial charge on any atom is 0.157 e. The molecule has 1 nitrogen and oxygen atoms in total. The van der Waals surface area contributed by atoms with Gasteiger partial charge in [-0.15, -0.1) is 11.6 Å². The predicted molar refractivity (Wildman–Crippen MR) is 60.2 cm³/mol. The minimum atomic E-state index is -0.535. The van der Waals surface area contributed by atoms with Crippen LogP contribution in [0, 0.1) is 0 Å². The molecule has 1 aromatic rings. The van der Waals surface area contributed by atoms with Crippen molar-refractivity contribution in [1.82, 2.24) is 0 Å². The number of hydrogen-bond acceptors (Lipinski definition) is 1. The zero-order chi connectivity index (χ0) is 10.8. The fourth-order valence-corrected chi connectivity index (χ4v) is 1.65. The molecule has 0 aliphatic heterocycles. The summed E-state index contributed by atoms with van der Waals surface area (Å²) in [5, 5.41) is 0.669. The number of benzene rings is 1. The first-order chi connectivity index (χ1) is 6.48. The van der Waals surface area contributed by atoms with E-state index in [0.717, 1.165) is 5.56 Å². The lowest BCUT2D eigenvalue weighted by atomic mass is 9.81. The summed E-state index contributed by atoms with van der Waals surface area (Å²) in [7, 11) is 0. The molecule has 14 heavy (non-hydrogen) atoms. The molecule has 76 valence electrons. The van der Waals surface area contributed by atoms with Crippen molar-refractivity contribution in [2.75, 3.05) is 5.88 Å². The molecule has 0 saturated heterocycles. The van der Waals surface area contributed by atoms with Gasteiger partial charge < -0.3 is 0 Å². The van der Waals surface area contributed by atoms with Crippen molar-refractivity contribution in [3.8, 4) is 0 Å². The highest BCUT2D eigenvalue weighted by Crippen LogP contribution is 2.25. The Hall–Kier alpha value is -0.530. The van der Waals surface area contributed by atoms with Crippen molar-refractivity contribution in [2.24, 2.45) is 0 Å². The molecule has 0 unspecified atom stereocenters. The Morgan fingerprint density at radius 1 is 1.29 bits per heavy atom. The molecule has 0 amide bonds. The molecule has 0 aliphatic rings. The topological polar surface area (TPSA) is 17.1 Å². The van der Waals surface area contributed by atoms with Gasteiger partial charge in [-0.25, -0.2) is 0 Å². The van der Waals surface area contributed by atoms with Crippen LogP contribution in [0.2, 0.25) is 5.02 Å². The fraction of sp³-hybridized carbons (Fsp3) is 0.364. The molecule has 0 atom stereocenters. The maximum atomic E-state index is 11.6. The summed E-state index contributed by atoms with van der Waals surface area (Å²) in [6.07, 6.45) is 0. The first kappa shape index (κ1) is 11.5. The van der Waals surface area contributed by atoms with Crippen LogP contribution in [0.5, 0.6) is 0 Å². The minimum absolute atomic E-state index is 0.0153. The molecular weight excluding hydrogens is 219 g/mol. The van der Waals surface area contributed by atoms with E-state index in [1.54, 1.807) is 12.1 Å². The molecule has 0 heterocycles. The van der Waals surface area contributed by atoms with E-state index < -0.39 is 5.41 Å². The second kappa shape index (κ2) is 4.33. The zero-order valence-corrected chi connectivity index (χ0v) is 9.69. The summed E-state index contributed by atoms with van der Waals surface area (Å²) < 4.78 is 0. The van der Waals surface area contributed by atoms with Crippen LogP contribution in [0.1, 0.15) is 19.4 Å². The largest absolute Gasteiger partial charge is 0.297 e. The standard InChI is InChI=1S/C11H12Cl2O/c1-11(2,10(14)7-12)8-3-5-9(13)6-4-8/h3-6H,7H2,1-2H3. The van der Waals surface area contributed by atoms with Gasteiger partial charge in [0.15, 0.2) is 5.78 Å². The minimum Gasteiger partial charge on any atom is -0.297 e. The van der Waals surface area contributed by atoms with Gasteiger partial charge in [0, 0.05) is 10.4 Å². The number of ketones is 1. The van der Waals surface area contributed by atoms with E-state index >= 15 is 0 Å². The van der Waals surface area contributed by atoms with Crippen molar-refractivity contribution >= 4 is 29.0 Å². The molecule has 1 aromatic carbocycles. The van der Waals surface area contributed by atoms with Gasteiger partial charge in [0.05, 0.1) is 5.88 Å². The third-order valence-electron chi connectivity index (χ3n) is 2.38. The van der Waals surface area contributed by atoms with E-state index in [0.29, 0.717) is 5.02 Å². The van der Waals surface area contributed by atoms with Crippen molar-refractivity contribution in [3.63, 3.8) is 0 Å². The van der Waals surface area contributed by atoms with Crippen LogP contribution in [0.15, 0.2) is 24.3 Å². The van der Waals surface area contributed by atoms with E-state index in [4.69, 9.17) is 23.2 Å². The summed E-state index contributed by atoms with van der Waals surface area (Å²) in [5.41, 5.74) is 0.402. The van der Waals surface area contributed by atoms with Crippen LogP contribution < -0.4 is 0 Å². The van der Waals surface area contributed by atoms with Crippen molar-refractivity contribution < 1.29 is 4.79 Å². The molecule has 0 aromatic heterocycles. The zero-order valence-electron chi connectivity index (χ0n) is 8.18. The van der Waals surface area contributed by atoms with Gasteiger partial charge in [-0.2, -0.15) is 0 Å². The molecule has 0 N–H and O–H groups in total. The molecule has 3 heteroatoms. The van der Waals surface area contributed by atoms with E-state index in [9.17, 15) is 4.79 Å². The molecule has 0 bridgehead atoms. The summed E-state index contributed by atoms with van der Waals surface area (Å²) in [6, 6.07) is 7.26. The monoisotopic (exact) mass is 230 g/mol. The van der Waals surface area contributed by atoms with Crippen molar-refractivity contribution in [1.29, 1.82) is 0 Å². The van der Waals surface area contributed by atoms with Crippen molar-refractivity contribution in [2.45, 2.75) is 19.3 Å². The van der Waals surface area contributed by atoms with Crippen LogP contribution in [0.3, 0.4) is 0 Å². The number of rotatable bonds is 3. The first-order valence-electron chi connectivity index (χ1n) is 4.34. The average Bonchev–Trinajstić information content (AvgIpc) is 2.17. The van der Waals surface area contributed by atoms with Gasteiger partial charge in [0.2, 0.25) is 0 Å². The lowest BCUT2D eigenvalue weighted by molar-refractivity contribution is -0.121. The molecule has 0 saturated carbocycles. The van der Waals surface area contributed by atoms with Gasteiger partial charge in [-0.3, -0.25) is 4.79 Å². The van der Waals surface area contributed by atoms with Crippen molar-refractivity contribution in [3.05, 3.63) is 34.9 Å². The Balaban J connectivity index is 3.03. The molecule has 0 radical (unpaired) electrons. The molecule has 0 aliphatic carbocycles. The Bertz CT molecular complexity index is 328. The van der Waals surface area contributed by atoms with E-state index in [2.05, 4.69) is 0 Å². The van der Waals surface area contributed by atoms with Gasteiger partial charge in [0.1, 0.15) is 0 Å². The second-order valence-corrected chi connectivity index (χ2v) is 4.39. The van der Waals surface area contributed by atoms with Crippen LogP contribution in [-0.4, -0.2) is 11.7 Å². The highest BCUT2D eigenvalue weighted by molar-refractivity contribution is 6.30. The Morgan fingerprint density at radius 3 is 2.21 bits per heavy atom. The summed E-state index contributed by atoms with van der Waals surface area (Å²) in [5.74, 6) is 0.0526. The van der Waals surface area contributed by atoms with Crippen LogP contribution in [0.4, 0.5) is 0 Å². The van der Waals surface area contributed by atoms with Crippen LogP contribution >= 0.6 is 23.2 Å². The molecule has 1 rings (SSSR count). The summed E-state index contributed by atoms with van der Waals surface area (Å²) in [4.78, 5) is 11.6. The molecule has 0 spiro atoms. The lowest BCUT2D eigenvalue weighted by Crippen LogP contribution is -2.29. The first-order valence-corrected chi connectivity index (χ1v) is 5.25. The Kier molecular flexibility index (Phi) is 3.57. The summed E-state index contributed by atoms with van der Waals surface area (Å²) >= 11 is 11.3. The van der Waals surface area contributed by atoms with Gasteiger partial charge in [-0.05, 0) is 31.5 Å². The number of Topliss-reactive ketones (excluding diaryl/α,β-unsaturated/α-hetero) is 1. The number of halogens is 2. The fourth-order valence-electron chi connectivity index (χ4n) is 1.19. The molecular formula is C11H12Cl2O. The Morgan fingerprint density at radius 2 is 1.79 bits per heavy atom. The van der Waals surface area contributed by atoms with Crippen LogP contribution in [0.25, 0.3) is 0 Å². The van der Waals surface area contributed by atoms with Gasteiger partial charge in [-0.1, -0.05) is 23.7 Å². The lowest BCUT2D eigenvalue weighted by Gasteiger charge is -2.22. The third-order valence-corrected chi connectivity index (χ3v) is 2.88. The van der Waals surface area contributed by atoms with Gasteiger partial charge >= 0.3 is 0 Å². The highest BCUT2D eigenvalue weighted by atomic mass is 35.5. The normalized spacial score (nSPS) is 11.4. The number of hydrogen-bond donors (Lipinski definition) is 0. The third kappa shape index (κ3) is 2.28.